The van der Waals surface area contributed by atoms with Gasteiger partial charge in [0.1, 0.15) is 4.91 Å². The molecule has 0 radical (unpaired) electrons. The SMILES string of the molecule is CCCCCCCCCCCCCCCCN(CCN)O[N+](=O)ON(CCN)CCCCCCCCCCCCCCCC.[Ag+].[NH2-]. The van der Waals surface area contributed by atoms with Crippen LogP contribution in [0.25, 0.3) is 6.15 Å². The molecule has 0 amide bonds. The number of unbranched alkanes of at least 4 members (excludes halogenated alkanes) is 26. The maximum atomic E-state index is 12.4. The predicted molar refractivity (Wildman–Crippen MR) is 193 cm³/mol. The van der Waals surface area contributed by atoms with Crippen LogP contribution in [-0.4, -0.2) is 54.5 Å². The second-order valence-electron chi connectivity index (χ2n) is 13.0. The van der Waals surface area contributed by atoms with Crippen LogP contribution in [-0.2, 0) is 32.3 Å². The van der Waals surface area contributed by atoms with E-state index in [2.05, 4.69) is 13.8 Å². The third kappa shape index (κ3) is 38.2. The van der Waals surface area contributed by atoms with Crippen LogP contribution < -0.4 is 11.5 Å². The Morgan fingerprint density at radius 3 is 0.848 bits per heavy atom. The molecule has 0 aliphatic heterocycles. The van der Waals surface area contributed by atoms with E-state index in [1.807, 2.05) is 0 Å². The van der Waals surface area contributed by atoms with Gasteiger partial charge in [-0.05, 0) is 12.8 Å². The van der Waals surface area contributed by atoms with Gasteiger partial charge >= 0.3 is 27.5 Å². The minimum absolute atomic E-state index is 0. The van der Waals surface area contributed by atoms with Crippen molar-refractivity contribution in [2.45, 2.75) is 194 Å². The fraction of sp³-hybridized carbons (Fsp3) is 1.00. The molecule has 0 aromatic rings. The van der Waals surface area contributed by atoms with Crippen LogP contribution in [0.2, 0.25) is 0 Å². The van der Waals surface area contributed by atoms with E-state index in [0.29, 0.717) is 39.3 Å². The molecule has 0 bridgehead atoms. The summed E-state index contributed by atoms with van der Waals surface area (Å²) in [6.45, 7) is 7.75. The molecular formula is C36H80AgN6O3+. The van der Waals surface area contributed by atoms with Gasteiger partial charge in [0.2, 0.25) is 0 Å². The standard InChI is InChI=1S/C36H78N5O3.Ag.H2N/c1-3-5-7-9-11-13-15-17-19-21-23-25-27-29-33-39(35-31-37)43-41(42)44-40(36-32-38)34-30-28-26-24-22-20-18-16-14-12-10-8-6-4-2;;/h3-38H2,1-2H3;;1H2/q2*+1;-1. The summed E-state index contributed by atoms with van der Waals surface area (Å²) in [5.41, 5.74) is 11.5. The first-order chi connectivity index (χ1) is 21.7. The molecule has 6 N–H and O–H groups in total. The fourth-order valence-corrected chi connectivity index (χ4v) is 5.84. The zero-order valence-electron chi connectivity index (χ0n) is 30.6. The van der Waals surface area contributed by atoms with E-state index < -0.39 is 0 Å². The third-order valence-corrected chi connectivity index (χ3v) is 8.64. The van der Waals surface area contributed by atoms with Crippen LogP contribution in [0.5, 0.6) is 0 Å². The molecule has 0 saturated carbocycles. The van der Waals surface area contributed by atoms with Crippen LogP contribution in [0.1, 0.15) is 194 Å². The minimum atomic E-state index is 0. The largest absolute Gasteiger partial charge is 1.00 e. The quantitative estimate of drug-likeness (QED) is 0.0365. The van der Waals surface area contributed by atoms with Gasteiger partial charge in [-0.25, -0.2) is 0 Å². The summed E-state index contributed by atoms with van der Waals surface area (Å²) in [4.78, 5) is 23.3. The third-order valence-electron chi connectivity index (χ3n) is 8.64. The number of nitrogens with two attached hydrogens (primary N) is 3. The molecule has 282 valence electrons. The van der Waals surface area contributed by atoms with Gasteiger partial charge in [0, 0.05) is 26.2 Å². The van der Waals surface area contributed by atoms with Crippen molar-refractivity contribution in [2.24, 2.45) is 11.5 Å². The molecule has 46 heavy (non-hydrogen) atoms. The molecule has 10 heteroatoms. The summed E-state index contributed by atoms with van der Waals surface area (Å²) in [5, 5.41) is 3.47. The van der Waals surface area contributed by atoms with Gasteiger partial charge in [-0.15, -0.1) is 0 Å². The molecule has 0 unspecified atom stereocenters. The van der Waals surface area contributed by atoms with E-state index in [1.165, 1.54) is 154 Å². The van der Waals surface area contributed by atoms with E-state index in [0.717, 1.165) is 25.7 Å². The average Bonchev–Trinajstić information content (AvgIpc) is 3.01. The van der Waals surface area contributed by atoms with Crippen molar-refractivity contribution in [3.05, 3.63) is 11.1 Å². The fourth-order valence-electron chi connectivity index (χ4n) is 5.84. The van der Waals surface area contributed by atoms with E-state index in [9.17, 15) is 4.91 Å². The Morgan fingerprint density at radius 1 is 0.413 bits per heavy atom. The van der Waals surface area contributed by atoms with Crippen molar-refractivity contribution in [1.82, 2.24) is 10.1 Å². The number of hydrogen-bond donors (Lipinski definition) is 2. The summed E-state index contributed by atoms with van der Waals surface area (Å²) in [6, 6.07) is 0. The molecule has 0 aliphatic rings. The second kappa shape index (κ2) is 42.8. The molecule has 0 rings (SSSR count). The van der Waals surface area contributed by atoms with Gasteiger partial charge in [0.05, 0.1) is 13.1 Å². The summed E-state index contributed by atoms with van der Waals surface area (Å²) in [7, 11) is 0. The summed E-state index contributed by atoms with van der Waals surface area (Å²) >= 11 is 0. The van der Waals surface area contributed by atoms with Crippen molar-refractivity contribution in [2.75, 3.05) is 39.3 Å². The predicted octanol–water partition coefficient (Wildman–Crippen LogP) is 10.7. The Labute approximate surface area is 301 Å². The van der Waals surface area contributed by atoms with E-state index >= 15 is 0 Å². The summed E-state index contributed by atoms with van der Waals surface area (Å²) in [5.74, 6) is 0. The Balaban J connectivity index is -0.00000924. The molecule has 0 aromatic carbocycles. The number of rotatable bonds is 38. The van der Waals surface area contributed by atoms with Crippen molar-refractivity contribution in [1.29, 1.82) is 0 Å². The van der Waals surface area contributed by atoms with Gasteiger partial charge in [-0.2, -0.15) is 0 Å². The molecule has 9 nitrogen and oxygen atoms in total. The smallest absolute Gasteiger partial charge is 0.693 e. The minimum Gasteiger partial charge on any atom is -0.693 e. The van der Waals surface area contributed by atoms with Crippen molar-refractivity contribution in [3.8, 4) is 0 Å². The van der Waals surface area contributed by atoms with Gasteiger partial charge in [0.15, 0.2) is 0 Å². The first-order valence-corrected chi connectivity index (χ1v) is 19.4. The zero-order chi connectivity index (χ0) is 32.2. The number of hydrogen-bond acceptors (Lipinski definition) is 7. The van der Waals surface area contributed by atoms with Gasteiger partial charge in [-0.1, -0.05) is 201 Å². The Kier molecular flexibility index (Phi) is 46.6. The van der Waals surface area contributed by atoms with Crippen LogP contribution >= 0.6 is 0 Å². The van der Waals surface area contributed by atoms with Gasteiger partial charge in [0.25, 0.3) is 0 Å². The van der Waals surface area contributed by atoms with E-state index in [1.54, 1.807) is 10.1 Å². The van der Waals surface area contributed by atoms with E-state index in [-0.39, 0.29) is 33.6 Å². The maximum Gasteiger partial charge on any atom is 1.00 e. The molecule has 0 heterocycles. The molecule has 0 spiro atoms. The normalized spacial score (nSPS) is 11.1. The maximum absolute atomic E-state index is 12.4. The van der Waals surface area contributed by atoms with Crippen molar-refractivity contribution < 1.29 is 37.3 Å². The molecule has 0 fully saturated rings. The zero-order valence-corrected chi connectivity index (χ0v) is 32.1. The molecule has 0 atom stereocenters. The molecular weight excluding hydrogens is 672 g/mol. The van der Waals surface area contributed by atoms with Crippen molar-refractivity contribution >= 4 is 0 Å². The van der Waals surface area contributed by atoms with Gasteiger partial charge in [-0.3, -0.25) is 0 Å². The monoisotopic (exact) mass is 752 g/mol. The van der Waals surface area contributed by atoms with E-state index in [4.69, 9.17) is 21.3 Å². The van der Waals surface area contributed by atoms with Gasteiger partial charge < -0.3 is 17.6 Å². The average molecular weight is 753 g/mol. The summed E-state index contributed by atoms with van der Waals surface area (Å²) in [6.07, 6.45) is 37.0. The Morgan fingerprint density at radius 2 is 0.630 bits per heavy atom. The molecule has 0 aliphatic carbocycles. The van der Waals surface area contributed by atoms with Crippen LogP contribution in [0.4, 0.5) is 0 Å². The topological polar surface area (TPSA) is 131 Å². The Hall–Kier alpha value is -0.260. The molecule has 0 aromatic heterocycles. The van der Waals surface area contributed by atoms with Crippen LogP contribution in [0, 0.1) is 4.91 Å². The summed E-state index contributed by atoms with van der Waals surface area (Å²) < 4.78 is 0. The van der Waals surface area contributed by atoms with Crippen LogP contribution in [0.3, 0.4) is 0 Å². The number of hydroxylamine groups is 4. The Bertz CT molecular complexity index is 534. The second-order valence-corrected chi connectivity index (χ2v) is 13.0. The van der Waals surface area contributed by atoms with Crippen LogP contribution in [0.15, 0.2) is 0 Å². The molecule has 0 saturated heterocycles. The first kappa shape index (κ1) is 50.1. The van der Waals surface area contributed by atoms with Crippen molar-refractivity contribution in [3.63, 3.8) is 0 Å². The first-order valence-electron chi connectivity index (χ1n) is 19.4. The number of nitrogens with zero attached hydrogens (tertiary/aromatic N) is 3.